The van der Waals surface area contributed by atoms with Crippen molar-refractivity contribution in [2.45, 2.75) is 61.7 Å². The Balaban J connectivity index is 1.92. The van der Waals surface area contributed by atoms with Crippen molar-refractivity contribution in [2.24, 2.45) is 11.8 Å². The summed E-state index contributed by atoms with van der Waals surface area (Å²) >= 11 is 0. The summed E-state index contributed by atoms with van der Waals surface area (Å²) in [5.41, 5.74) is -6.20. The molecule has 104 valence electrons. The molecule has 0 N–H and O–H groups in total. The number of halogens is 6. The number of rotatable bonds is 1. The van der Waals surface area contributed by atoms with Crippen LogP contribution in [0.4, 0.5) is 26.3 Å². The van der Waals surface area contributed by atoms with Crippen molar-refractivity contribution in [3.8, 4) is 0 Å². The lowest BCUT2D eigenvalue weighted by Crippen LogP contribution is -2.66. The molecule has 2 unspecified atom stereocenters. The third kappa shape index (κ3) is 1.83. The van der Waals surface area contributed by atoms with Crippen molar-refractivity contribution in [3.63, 3.8) is 0 Å². The van der Waals surface area contributed by atoms with E-state index in [1.54, 1.807) is 0 Å². The molecule has 5 atom stereocenters. The highest BCUT2D eigenvalue weighted by Crippen LogP contribution is 2.66. The van der Waals surface area contributed by atoms with E-state index in [0.29, 0.717) is 0 Å². The minimum Gasteiger partial charge on any atom is -0.244 e. The van der Waals surface area contributed by atoms with Gasteiger partial charge < -0.3 is 0 Å². The summed E-state index contributed by atoms with van der Waals surface area (Å²) in [4.78, 5) is 0. The number of hydrogen-bond acceptors (Lipinski definition) is 0. The van der Waals surface area contributed by atoms with Crippen LogP contribution in [0, 0.1) is 11.8 Å². The van der Waals surface area contributed by atoms with Crippen molar-refractivity contribution in [2.75, 3.05) is 0 Å². The molecule has 0 heterocycles. The zero-order valence-corrected chi connectivity index (χ0v) is 9.67. The van der Waals surface area contributed by atoms with Crippen molar-refractivity contribution in [1.82, 2.24) is 0 Å². The van der Waals surface area contributed by atoms with Gasteiger partial charge in [0.15, 0.2) is 0 Å². The monoisotopic (exact) mass is 272 g/mol. The van der Waals surface area contributed by atoms with Crippen LogP contribution in [0.3, 0.4) is 0 Å². The van der Waals surface area contributed by atoms with Crippen LogP contribution in [-0.4, -0.2) is 23.2 Å². The Labute approximate surface area is 101 Å². The van der Waals surface area contributed by atoms with Crippen molar-refractivity contribution in [3.05, 3.63) is 0 Å². The fourth-order valence-corrected chi connectivity index (χ4v) is 4.68. The Kier molecular flexibility index (Phi) is 2.23. The Morgan fingerprint density at radius 1 is 0.889 bits per heavy atom. The number of alkyl halides is 6. The molecule has 0 nitrogen and oxygen atoms in total. The fourth-order valence-electron chi connectivity index (χ4n) is 4.68. The van der Waals surface area contributed by atoms with E-state index in [2.05, 4.69) is 0 Å². The quantitative estimate of drug-likeness (QED) is 0.625. The largest absolute Gasteiger partial charge is 0.389 e. The highest BCUT2D eigenvalue weighted by molar-refractivity contribution is 5.19. The van der Waals surface area contributed by atoms with Crippen LogP contribution in [0.2, 0.25) is 0 Å². The minimum atomic E-state index is -4.48. The van der Waals surface area contributed by atoms with Gasteiger partial charge in [-0.1, -0.05) is 0 Å². The highest BCUT2D eigenvalue weighted by Gasteiger charge is 2.70. The van der Waals surface area contributed by atoms with Gasteiger partial charge in [-0.25, -0.2) is 13.2 Å². The van der Waals surface area contributed by atoms with Crippen molar-refractivity contribution < 1.29 is 26.3 Å². The third-order valence-electron chi connectivity index (χ3n) is 4.80. The van der Waals surface area contributed by atoms with Gasteiger partial charge in [0.1, 0.15) is 17.0 Å². The zero-order valence-electron chi connectivity index (χ0n) is 9.67. The van der Waals surface area contributed by atoms with Gasteiger partial charge >= 0.3 is 6.18 Å². The molecule has 4 rings (SSSR count). The maximum atomic E-state index is 14.6. The second-order valence-corrected chi connectivity index (χ2v) is 6.46. The molecule has 18 heavy (non-hydrogen) atoms. The second-order valence-electron chi connectivity index (χ2n) is 6.46. The van der Waals surface area contributed by atoms with E-state index in [-0.39, 0.29) is 19.3 Å². The second kappa shape index (κ2) is 3.18. The average molecular weight is 272 g/mol. The normalized spacial score (nSPS) is 55.0. The Morgan fingerprint density at radius 3 is 1.78 bits per heavy atom. The Bertz CT molecular complexity index is 357. The predicted octanol–water partition coefficient (Wildman–Crippen LogP) is 4.29. The molecule has 4 aliphatic rings. The van der Waals surface area contributed by atoms with Crippen molar-refractivity contribution in [1.29, 1.82) is 0 Å². The number of hydrogen-bond donors (Lipinski definition) is 0. The third-order valence-corrected chi connectivity index (χ3v) is 4.80. The molecule has 0 radical (unpaired) electrons. The van der Waals surface area contributed by atoms with E-state index in [4.69, 9.17) is 0 Å². The standard InChI is InChI=1S/C12H14F6/c13-9-1-7-2-10(14,4-9)6-11(15,5-9)8(7)3-12(16,17)18/h7-8H,1-6H2/t7?,8-,9-,10+,11?/m0/s1. The maximum absolute atomic E-state index is 14.6. The molecule has 0 saturated heterocycles. The first-order valence-electron chi connectivity index (χ1n) is 6.16. The van der Waals surface area contributed by atoms with Crippen LogP contribution in [0.15, 0.2) is 0 Å². The van der Waals surface area contributed by atoms with Crippen molar-refractivity contribution >= 4 is 0 Å². The molecule has 4 saturated carbocycles. The molecule has 4 bridgehead atoms. The first-order valence-corrected chi connectivity index (χ1v) is 6.16. The summed E-state index contributed by atoms with van der Waals surface area (Å²) in [7, 11) is 0. The highest BCUT2D eigenvalue weighted by atomic mass is 19.4. The van der Waals surface area contributed by atoms with E-state index >= 15 is 0 Å². The van der Waals surface area contributed by atoms with Crippen LogP contribution in [0.5, 0.6) is 0 Å². The first-order chi connectivity index (χ1) is 8.03. The summed E-state index contributed by atoms with van der Waals surface area (Å²) in [6.45, 7) is 0. The fraction of sp³-hybridized carbons (Fsp3) is 1.00. The topological polar surface area (TPSA) is 0 Å². The van der Waals surface area contributed by atoms with Crippen LogP contribution < -0.4 is 0 Å². The van der Waals surface area contributed by atoms with E-state index in [1.807, 2.05) is 0 Å². The lowest BCUT2D eigenvalue weighted by molar-refractivity contribution is -0.241. The molecule has 0 amide bonds. The smallest absolute Gasteiger partial charge is 0.244 e. The Morgan fingerprint density at radius 2 is 1.39 bits per heavy atom. The van der Waals surface area contributed by atoms with Gasteiger partial charge in [0, 0.05) is 31.6 Å². The summed E-state index contributed by atoms with van der Waals surface area (Å²) in [5, 5.41) is 0. The molecule has 0 aliphatic heterocycles. The average Bonchev–Trinajstić information content (AvgIpc) is 2.04. The van der Waals surface area contributed by atoms with Gasteiger partial charge in [-0.2, -0.15) is 13.2 Å². The van der Waals surface area contributed by atoms with Gasteiger partial charge in [0.25, 0.3) is 0 Å². The minimum absolute atomic E-state index is 0.120. The summed E-state index contributed by atoms with van der Waals surface area (Å²) in [5.74, 6) is -2.09. The van der Waals surface area contributed by atoms with Crippen LogP contribution in [0.25, 0.3) is 0 Å². The molecular formula is C12H14F6. The predicted molar refractivity (Wildman–Crippen MR) is 52.3 cm³/mol. The van der Waals surface area contributed by atoms with E-state index < -0.39 is 54.3 Å². The Hall–Kier alpha value is -0.420. The first kappa shape index (κ1) is 12.6. The van der Waals surface area contributed by atoms with E-state index in [0.717, 1.165) is 0 Å². The summed E-state index contributed by atoms with van der Waals surface area (Å²) in [6, 6.07) is 0. The molecule has 0 aromatic carbocycles. The van der Waals surface area contributed by atoms with Crippen LogP contribution in [-0.2, 0) is 0 Å². The molecule has 0 aromatic rings. The van der Waals surface area contributed by atoms with Gasteiger partial charge in [-0.15, -0.1) is 0 Å². The van der Waals surface area contributed by atoms with Gasteiger partial charge in [0.05, 0.1) is 0 Å². The molecule has 6 heteroatoms. The van der Waals surface area contributed by atoms with E-state index in [1.165, 1.54) is 0 Å². The van der Waals surface area contributed by atoms with Crippen LogP contribution >= 0.6 is 0 Å². The molecule has 4 aliphatic carbocycles. The lowest BCUT2D eigenvalue weighted by atomic mass is 9.47. The lowest BCUT2D eigenvalue weighted by Gasteiger charge is -2.61. The summed E-state index contributed by atoms with van der Waals surface area (Å²) < 4.78 is 80.4. The molecule has 0 aromatic heterocycles. The van der Waals surface area contributed by atoms with Gasteiger partial charge in [-0.05, 0) is 18.8 Å². The van der Waals surface area contributed by atoms with E-state index in [9.17, 15) is 26.3 Å². The van der Waals surface area contributed by atoms with Gasteiger partial charge in [-0.3, -0.25) is 0 Å². The zero-order chi connectivity index (χ0) is 13.4. The molecular weight excluding hydrogens is 258 g/mol. The van der Waals surface area contributed by atoms with Crippen LogP contribution in [0.1, 0.15) is 38.5 Å². The summed E-state index contributed by atoms with van der Waals surface area (Å²) in [6.07, 6.45) is -7.46. The molecule has 0 spiro atoms. The SMILES string of the molecule is FC(F)(F)C[C@H]1C2C[C@@]3(F)CC1(F)C[C@@](F)(C2)C3. The molecule has 4 fully saturated rings. The maximum Gasteiger partial charge on any atom is 0.389 e. The van der Waals surface area contributed by atoms with Gasteiger partial charge in [0.2, 0.25) is 0 Å².